The van der Waals surface area contributed by atoms with Crippen LogP contribution in [0.2, 0.25) is 0 Å². The second-order valence-electron chi connectivity index (χ2n) is 7.25. The molecule has 3 heterocycles. The molecule has 1 amide bonds. The Morgan fingerprint density at radius 2 is 2.06 bits per heavy atom. The summed E-state index contributed by atoms with van der Waals surface area (Å²) in [5.41, 5.74) is 2.88. The normalized spacial score (nSPS) is 14.8. The highest BCUT2D eigenvalue weighted by Crippen LogP contribution is 2.30. The lowest BCUT2D eigenvalue weighted by Gasteiger charge is -2.26. The number of amides is 1. The van der Waals surface area contributed by atoms with Crippen molar-refractivity contribution in [1.82, 2.24) is 25.4 Å². The molecule has 4 rings (SSSR count). The standard InChI is InChI=1S/C21H24F2N6O2/c22-19(23)13-26-20-16-9-14(15-10-27-28-11-15)1-2-18(16)25-12-17(20)21(30)24-3-4-29-5-7-31-8-6-29/h1-2,9-12,19H,3-8,13H2,(H,24,30)(H,25,26)(H,27,28). The second-order valence-corrected chi connectivity index (χ2v) is 7.25. The number of fused-ring (bicyclic) bond motifs is 1. The van der Waals surface area contributed by atoms with Crippen LogP contribution in [0.3, 0.4) is 0 Å². The van der Waals surface area contributed by atoms with Crippen LogP contribution >= 0.6 is 0 Å². The van der Waals surface area contributed by atoms with Crippen LogP contribution in [-0.2, 0) is 4.74 Å². The molecule has 31 heavy (non-hydrogen) atoms. The molecule has 1 aliphatic rings. The van der Waals surface area contributed by atoms with Gasteiger partial charge in [0.2, 0.25) is 0 Å². The van der Waals surface area contributed by atoms with Crippen LogP contribution in [0.15, 0.2) is 36.8 Å². The molecule has 1 fully saturated rings. The third kappa shape index (κ3) is 5.15. The van der Waals surface area contributed by atoms with Crippen LogP contribution < -0.4 is 10.6 Å². The van der Waals surface area contributed by atoms with Crippen LogP contribution in [0.25, 0.3) is 22.0 Å². The zero-order valence-corrected chi connectivity index (χ0v) is 16.9. The lowest BCUT2D eigenvalue weighted by molar-refractivity contribution is 0.0383. The number of H-pyrrole nitrogens is 1. The maximum absolute atomic E-state index is 13.0. The van der Waals surface area contributed by atoms with Gasteiger partial charge in [0.05, 0.1) is 42.7 Å². The first kappa shape index (κ1) is 21.1. The van der Waals surface area contributed by atoms with Crippen LogP contribution in [0, 0.1) is 0 Å². The van der Waals surface area contributed by atoms with E-state index in [1.54, 1.807) is 18.5 Å². The Bertz CT molecular complexity index is 1020. The summed E-state index contributed by atoms with van der Waals surface area (Å²) in [6.07, 6.45) is 2.28. The molecule has 0 bridgehead atoms. The highest BCUT2D eigenvalue weighted by atomic mass is 19.3. The lowest BCUT2D eigenvalue weighted by atomic mass is 10.0. The predicted octanol–water partition coefficient (Wildman–Crippen LogP) is 2.36. The largest absolute Gasteiger partial charge is 0.379 e. The van der Waals surface area contributed by atoms with Gasteiger partial charge in [-0.3, -0.25) is 19.8 Å². The maximum Gasteiger partial charge on any atom is 0.255 e. The molecule has 0 atom stereocenters. The van der Waals surface area contributed by atoms with Crippen molar-refractivity contribution in [3.8, 4) is 11.1 Å². The second kappa shape index (κ2) is 9.80. The van der Waals surface area contributed by atoms with E-state index in [-0.39, 0.29) is 11.5 Å². The molecule has 1 aliphatic heterocycles. The molecule has 3 N–H and O–H groups in total. The Morgan fingerprint density at radius 3 is 2.81 bits per heavy atom. The SMILES string of the molecule is O=C(NCCN1CCOCC1)c1cnc2ccc(-c3cn[nH]c3)cc2c1NCC(F)F. The Morgan fingerprint density at radius 1 is 1.23 bits per heavy atom. The highest BCUT2D eigenvalue weighted by Gasteiger charge is 2.18. The van der Waals surface area contributed by atoms with E-state index < -0.39 is 13.0 Å². The van der Waals surface area contributed by atoms with Crippen molar-refractivity contribution in [2.45, 2.75) is 6.43 Å². The number of anilines is 1. The number of rotatable bonds is 8. The van der Waals surface area contributed by atoms with E-state index in [9.17, 15) is 13.6 Å². The Balaban J connectivity index is 1.59. The van der Waals surface area contributed by atoms with Crippen molar-refractivity contribution < 1.29 is 18.3 Å². The smallest absolute Gasteiger partial charge is 0.255 e. The average molecular weight is 430 g/mol. The number of aromatic nitrogens is 3. The van der Waals surface area contributed by atoms with Gasteiger partial charge in [0.15, 0.2) is 0 Å². The fraction of sp³-hybridized carbons (Fsp3) is 0.381. The number of morpholine rings is 1. The van der Waals surface area contributed by atoms with Gasteiger partial charge in [0, 0.05) is 49.5 Å². The lowest BCUT2D eigenvalue weighted by Crippen LogP contribution is -2.41. The van der Waals surface area contributed by atoms with E-state index in [0.717, 1.165) is 24.2 Å². The van der Waals surface area contributed by atoms with E-state index in [1.807, 2.05) is 12.1 Å². The third-order valence-electron chi connectivity index (χ3n) is 5.19. The molecule has 2 aromatic heterocycles. The van der Waals surface area contributed by atoms with Gasteiger partial charge in [-0.1, -0.05) is 6.07 Å². The van der Waals surface area contributed by atoms with Gasteiger partial charge in [0.1, 0.15) is 0 Å². The van der Waals surface area contributed by atoms with E-state index in [0.29, 0.717) is 42.9 Å². The van der Waals surface area contributed by atoms with E-state index in [4.69, 9.17) is 4.74 Å². The Labute approximate surface area is 178 Å². The molecule has 1 saturated heterocycles. The van der Waals surface area contributed by atoms with Gasteiger partial charge in [0.25, 0.3) is 12.3 Å². The van der Waals surface area contributed by atoms with Gasteiger partial charge < -0.3 is 15.4 Å². The van der Waals surface area contributed by atoms with Gasteiger partial charge in [-0.05, 0) is 17.7 Å². The number of nitrogens with one attached hydrogen (secondary N) is 3. The summed E-state index contributed by atoms with van der Waals surface area (Å²) in [4.78, 5) is 19.4. The molecular formula is C21H24F2N6O2. The predicted molar refractivity (Wildman–Crippen MR) is 113 cm³/mol. The molecule has 1 aromatic carbocycles. The molecule has 0 radical (unpaired) electrons. The number of benzene rings is 1. The van der Waals surface area contributed by atoms with E-state index >= 15 is 0 Å². The fourth-order valence-electron chi connectivity index (χ4n) is 3.57. The molecule has 8 nitrogen and oxygen atoms in total. The van der Waals surface area contributed by atoms with Crippen molar-refractivity contribution in [2.24, 2.45) is 0 Å². The summed E-state index contributed by atoms with van der Waals surface area (Å²) in [5.74, 6) is -0.354. The zero-order chi connectivity index (χ0) is 21.6. The molecule has 10 heteroatoms. The Hall–Kier alpha value is -3.11. The minimum atomic E-state index is -2.56. The average Bonchev–Trinajstić information content (AvgIpc) is 3.32. The van der Waals surface area contributed by atoms with Crippen LogP contribution in [0.5, 0.6) is 0 Å². The number of alkyl halides is 2. The quantitative estimate of drug-likeness (QED) is 0.508. The number of nitrogens with zero attached hydrogens (tertiary/aromatic N) is 3. The molecular weight excluding hydrogens is 406 g/mol. The number of pyridine rings is 1. The minimum absolute atomic E-state index is 0.236. The molecule has 164 valence electrons. The number of ether oxygens (including phenoxy) is 1. The van der Waals surface area contributed by atoms with E-state index in [2.05, 4.69) is 30.7 Å². The summed E-state index contributed by atoms with van der Waals surface area (Å²) in [6.45, 7) is 3.59. The van der Waals surface area contributed by atoms with Gasteiger partial charge in [-0.15, -0.1) is 0 Å². The Kier molecular flexibility index (Phi) is 6.68. The molecule has 3 aromatic rings. The number of aromatic amines is 1. The molecule has 0 unspecified atom stereocenters. The molecule has 0 aliphatic carbocycles. The van der Waals surface area contributed by atoms with Crippen molar-refractivity contribution in [3.63, 3.8) is 0 Å². The summed E-state index contributed by atoms with van der Waals surface area (Å²) < 4.78 is 31.2. The van der Waals surface area contributed by atoms with Crippen LogP contribution in [0.4, 0.5) is 14.5 Å². The van der Waals surface area contributed by atoms with Gasteiger partial charge >= 0.3 is 0 Å². The zero-order valence-electron chi connectivity index (χ0n) is 16.9. The third-order valence-corrected chi connectivity index (χ3v) is 5.19. The van der Waals surface area contributed by atoms with E-state index in [1.165, 1.54) is 6.20 Å². The molecule has 0 saturated carbocycles. The summed E-state index contributed by atoms with van der Waals surface area (Å²) in [5, 5.41) is 12.9. The monoisotopic (exact) mass is 430 g/mol. The highest BCUT2D eigenvalue weighted by molar-refractivity contribution is 6.07. The van der Waals surface area contributed by atoms with Crippen molar-refractivity contribution >= 4 is 22.5 Å². The van der Waals surface area contributed by atoms with Gasteiger partial charge in [-0.2, -0.15) is 5.10 Å². The minimum Gasteiger partial charge on any atom is -0.379 e. The van der Waals surface area contributed by atoms with Crippen molar-refractivity contribution in [2.75, 3.05) is 51.3 Å². The first-order valence-electron chi connectivity index (χ1n) is 10.1. The maximum atomic E-state index is 13.0. The number of hydrogen-bond donors (Lipinski definition) is 3. The number of halogens is 2. The van der Waals surface area contributed by atoms with Crippen LogP contribution in [0.1, 0.15) is 10.4 Å². The van der Waals surface area contributed by atoms with Crippen LogP contribution in [-0.4, -0.2) is 78.4 Å². The first-order valence-corrected chi connectivity index (χ1v) is 10.1. The summed E-state index contributed by atoms with van der Waals surface area (Å²) in [7, 11) is 0. The summed E-state index contributed by atoms with van der Waals surface area (Å²) in [6, 6.07) is 5.50. The number of carbonyl (C=O) groups excluding carboxylic acids is 1. The topological polar surface area (TPSA) is 95.2 Å². The van der Waals surface area contributed by atoms with Gasteiger partial charge in [-0.25, -0.2) is 8.78 Å². The number of carbonyl (C=O) groups is 1. The summed E-state index contributed by atoms with van der Waals surface area (Å²) >= 11 is 0. The number of hydrogen-bond acceptors (Lipinski definition) is 6. The van der Waals surface area contributed by atoms with Crippen molar-refractivity contribution in [1.29, 1.82) is 0 Å². The van der Waals surface area contributed by atoms with Crippen molar-refractivity contribution in [3.05, 3.63) is 42.4 Å². The molecule has 0 spiro atoms. The first-order chi connectivity index (χ1) is 15.1. The fourth-order valence-corrected chi connectivity index (χ4v) is 3.57.